The number of para-hydroxylation sites is 2. The number of nitrogens with one attached hydrogen (secondary N) is 1. The number of carbonyl (C=O) groups excluding carboxylic acids is 2. The maximum atomic E-state index is 13.7. The highest BCUT2D eigenvalue weighted by molar-refractivity contribution is 7.92. The molecule has 0 aliphatic heterocycles. The summed E-state index contributed by atoms with van der Waals surface area (Å²) in [6.45, 7) is 7.77. The monoisotopic (exact) mass is 519 g/mol. The number of ether oxygens (including phenoxy) is 2. The van der Waals surface area contributed by atoms with Crippen LogP contribution in [0.3, 0.4) is 0 Å². The fourth-order valence-electron chi connectivity index (χ4n) is 3.54. The summed E-state index contributed by atoms with van der Waals surface area (Å²) in [6, 6.07) is 13.0. The van der Waals surface area contributed by atoms with E-state index in [1.165, 1.54) is 4.90 Å². The van der Waals surface area contributed by atoms with Crippen LogP contribution in [-0.2, 0) is 26.2 Å². The van der Waals surface area contributed by atoms with E-state index in [1.807, 2.05) is 19.9 Å². The third kappa shape index (κ3) is 8.15. The van der Waals surface area contributed by atoms with Crippen molar-refractivity contribution in [2.24, 2.45) is 5.92 Å². The number of carbonyl (C=O) groups is 2. The van der Waals surface area contributed by atoms with Crippen molar-refractivity contribution >= 4 is 27.5 Å². The largest absolute Gasteiger partial charge is 0.497 e. The molecule has 0 aromatic heterocycles. The fraction of sp³-hybridized carbons (Fsp3) is 0.462. The summed E-state index contributed by atoms with van der Waals surface area (Å²) in [6.07, 6.45) is 1.04. The van der Waals surface area contributed by atoms with Gasteiger partial charge < -0.3 is 19.7 Å². The van der Waals surface area contributed by atoms with Gasteiger partial charge in [-0.2, -0.15) is 0 Å². The summed E-state index contributed by atoms with van der Waals surface area (Å²) < 4.78 is 37.5. The van der Waals surface area contributed by atoms with E-state index >= 15 is 0 Å². The minimum atomic E-state index is -3.85. The molecule has 1 N–H and O–H groups in total. The van der Waals surface area contributed by atoms with Crippen molar-refractivity contribution in [2.45, 2.75) is 40.3 Å². The first-order valence-electron chi connectivity index (χ1n) is 11.9. The Bertz CT molecular complexity index is 1140. The molecule has 0 aliphatic rings. The molecule has 0 saturated carbocycles. The second-order valence-corrected chi connectivity index (χ2v) is 10.8. The number of benzene rings is 2. The summed E-state index contributed by atoms with van der Waals surface area (Å²) >= 11 is 0. The van der Waals surface area contributed by atoms with Gasteiger partial charge in [0.05, 0.1) is 25.7 Å². The van der Waals surface area contributed by atoms with Gasteiger partial charge in [0.1, 0.15) is 24.1 Å². The number of nitrogens with zero attached hydrogens (tertiary/aromatic N) is 2. The van der Waals surface area contributed by atoms with E-state index in [9.17, 15) is 18.0 Å². The molecular formula is C26H37N3O6S. The van der Waals surface area contributed by atoms with Gasteiger partial charge in [-0.15, -0.1) is 0 Å². The SMILES string of the molecule is CCOc1ccccc1N(CC(=O)N(Cc1cccc(OC)c1)[C@H](C)C(=O)NCC(C)C)S(C)(=O)=O. The molecule has 198 valence electrons. The third-order valence-corrected chi connectivity index (χ3v) is 6.58. The maximum Gasteiger partial charge on any atom is 0.244 e. The van der Waals surface area contributed by atoms with Crippen LogP contribution in [0.15, 0.2) is 48.5 Å². The molecule has 0 bridgehead atoms. The van der Waals surface area contributed by atoms with Crippen LogP contribution in [-0.4, -0.2) is 64.2 Å². The van der Waals surface area contributed by atoms with Crippen LogP contribution in [0.25, 0.3) is 0 Å². The Kier molecular flexibility index (Phi) is 10.6. The molecule has 0 aliphatic carbocycles. The smallest absolute Gasteiger partial charge is 0.244 e. The predicted octanol–water partition coefficient (Wildman–Crippen LogP) is 3.05. The minimum Gasteiger partial charge on any atom is -0.497 e. The Morgan fingerprint density at radius 3 is 2.36 bits per heavy atom. The predicted molar refractivity (Wildman–Crippen MR) is 141 cm³/mol. The van der Waals surface area contributed by atoms with Gasteiger partial charge in [0.15, 0.2) is 0 Å². The van der Waals surface area contributed by atoms with Crippen LogP contribution in [0, 0.1) is 5.92 Å². The number of sulfonamides is 1. The summed E-state index contributed by atoms with van der Waals surface area (Å²) in [5.74, 6) is 0.349. The van der Waals surface area contributed by atoms with Crippen molar-refractivity contribution in [2.75, 3.05) is 37.4 Å². The van der Waals surface area contributed by atoms with E-state index in [1.54, 1.807) is 63.4 Å². The van der Waals surface area contributed by atoms with Crippen molar-refractivity contribution in [1.29, 1.82) is 0 Å². The van der Waals surface area contributed by atoms with E-state index in [-0.39, 0.29) is 24.1 Å². The molecule has 0 radical (unpaired) electrons. The lowest BCUT2D eigenvalue weighted by Crippen LogP contribution is -2.51. The average molecular weight is 520 g/mol. The molecule has 36 heavy (non-hydrogen) atoms. The van der Waals surface area contributed by atoms with Gasteiger partial charge in [-0.25, -0.2) is 8.42 Å². The molecule has 0 unspecified atom stereocenters. The van der Waals surface area contributed by atoms with Crippen LogP contribution in [0.5, 0.6) is 11.5 Å². The van der Waals surface area contributed by atoms with Crippen molar-refractivity contribution in [1.82, 2.24) is 10.2 Å². The first-order valence-corrected chi connectivity index (χ1v) is 13.7. The molecule has 10 heteroatoms. The van der Waals surface area contributed by atoms with Crippen LogP contribution in [0.2, 0.25) is 0 Å². The summed E-state index contributed by atoms with van der Waals surface area (Å²) in [5, 5.41) is 2.86. The lowest BCUT2D eigenvalue weighted by molar-refractivity contribution is -0.139. The molecule has 0 heterocycles. The van der Waals surface area contributed by atoms with Crippen LogP contribution < -0.4 is 19.1 Å². The zero-order valence-corrected chi connectivity index (χ0v) is 22.7. The lowest BCUT2D eigenvalue weighted by Gasteiger charge is -2.32. The van der Waals surface area contributed by atoms with Crippen LogP contribution >= 0.6 is 0 Å². The molecule has 2 aromatic carbocycles. The quantitative estimate of drug-likeness (QED) is 0.436. The normalized spacial score (nSPS) is 12.1. The van der Waals surface area contributed by atoms with Gasteiger partial charge in [-0.1, -0.05) is 38.1 Å². The van der Waals surface area contributed by atoms with E-state index in [0.717, 1.165) is 16.1 Å². The topological polar surface area (TPSA) is 105 Å². The van der Waals surface area contributed by atoms with Crippen LogP contribution in [0.4, 0.5) is 5.69 Å². The van der Waals surface area contributed by atoms with Crippen molar-refractivity contribution in [3.63, 3.8) is 0 Å². The first kappa shape index (κ1) is 29.0. The average Bonchev–Trinajstić information content (AvgIpc) is 2.84. The van der Waals surface area contributed by atoms with E-state index in [2.05, 4.69) is 5.32 Å². The Morgan fingerprint density at radius 2 is 1.75 bits per heavy atom. The molecule has 0 spiro atoms. The second-order valence-electron chi connectivity index (χ2n) is 8.86. The Balaban J connectivity index is 2.43. The molecular weight excluding hydrogens is 482 g/mol. The van der Waals surface area contributed by atoms with Crippen molar-refractivity contribution in [3.05, 3.63) is 54.1 Å². The number of anilines is 1. The number of methoxy groups -OCH3 is 1. The number of hydrogen-bond acceptors (Lipinski definition) is 6. The molecule has 1 atom stereocenters. The summed E-state index contributed by atoms with van der Waals surface area (Å²) in [4.78, 5) is 28.0. The van der Waals surface area contributed by atoms with Gasteiger partial charge in [0.2, 0.25) is 21.8 Å². The zero-order valence-electron chi connectivity index (χ0n) is 21.9. The summed E-state index contributed by atoms with van der Waals surface area (Å²) in [7, 11) is -2.31. The van der Waals surface area contributed by atoms with Crippen molar-refractivity contribution < 1.29 is 27.5 Å². The molecule has 9 nitrogen and oxygen atoms in total. The fourth-order valence-corrected chi connectivity index (χ4v) is 4.39. The molecule has 2 aromatic rings. The molecule has 0 saturated heterocycles. The summed E-state index contributed by atoms with van der Waals surface area (Å²) in [5.41, 5.74) is 1.00. The number of hydrogen-bond donors (Lipinski definition) is 1. The van der Waals surface area contributed by atoms with Gasteiger partial charge in [0, 0.05) is 13.1 Å². The maximum absolute atomic E-state index is 13.7. The molecule has 2 amide bonds. The third-order valence-electron chi connectivity index (χ3n) is 5.45. The number of rotatable bonds is 13. The number of amides is 2. The van der Waals surface area contributed by atoms with Gasteiger partial charge >= 0.3 is 0 Å². The van der Waals surface area contributed by atoms with E-state index in [0.29, 0.717) is 24.7 Å². The van der Waals surface area contributed by atoms with Gasteiger partial charge in [-0.05, 0) is 49.6 Å². The minimum absolute atomic E-state index is 0.0943. The van der Waals surface area contributed by atoms with Gasteiger partial charge in [-0.3, -0.25) is 13.9 Å². The van der Waals surface area contributed by atoms with Gasteiger partial charge in [0.25, 0.3) is 0 Å². The highest BCUT2D eigenvalue weighted by Crippen LogP contribution is 2.30. The highest BCUT2D eigenvalue weighted by atomic mass is 32.2. The zero-order chi connectivity index (χ0) is 26.9. The Labute approximate surface area is 214 Å². The lowest BCUT2D eigenvalue weighted by atomic mass is 10.1. The van der Waals surface area contributed by atoms with E-state index in [4.69, 9.17) is 9.47 Å². The molecule has 0 fully saturated rings. The first-order chi connectivity index (χ1) is 17.0. The Hall–Kier alpha value is -3.27. The standard InChI is InChI=1S/C26H37N3O6S/c1-7-35-24-14-9-8-13-23(24)29(36(6,32)33)18-25(30)28(20(4)26(31)27-16-19(2)3)17-21-11-10-12-22(15-21)34-5/h8-15,19-20H,7,16-18H2,1-6H3,(H,27,31)/t20-/m1/s1. The molecule has 2 rings (SSSR count). The van der Waals surface area contributed by atoms with Crippen molar-refractivity contribution in [3.8, 4) is 11.5 Å². The van der Waals surface area contributed by atoms with E-state index < -0.39 is 28.5 Å². The van der Waals surface area contributed by atoms with Crippen LogP contribution in [0.1, 0.15) is 33.3 Å². The Morgan fingerprint density at radius 1 is 1.06 bits per heavy atom. The second kappa shape index (κ2) is 13.2. The highest BCUT2D eigenvalue weighted by Gasteiger charge is 2.31.